The van der Waals surface area contributed by atoms with Crippen LogP contribution >= 0.6 is 0 Å². The van der Waals surface area contributed by atoms with Crippen LogP contribution in [0.2, 0.25) is 0 Å². The minimum atomic E-state index is 0.158. The van der Waals surface area contributed by atoms with E-state index in [9.17, 15) is 0 Å². The molecule has 1 aromatic heterocycles. The maximum atomic E-state index is 2.51. The van der Waals surface area contributed by atoms with Gasteiger partial charge in [0, 0.05) is 38.9 Å². The highest BCUT2D eigenvalue weighted by Gasteiger charge is 2.44. The number of para-hydroxylation sites is 2. The maximum Gasteiger partial charge on any atom is 0.0561 e. The highest BCUT2D eigenvalue weighted by Crippen LogP contribution is 2.57. The van der Waals surface area contributed by atoms with Crippen molar-refractivity contribution in [2.24, 2.45) is 0 Å². The monoisotopic (exact) mass is 704 g/mol. The molecule has 2 aliphatic rings. The van der Waals surface area contributed by atoms with Crippen molar-refractivity contribution in [2.45, 2.75) is 31.1 Å². The molecule has 0 bridgehead atoms. The summed E-state index contributed by atoms with van der Waals surface area (Å²) in [6.07, 6.45) is 5.08. The van der Waals surface area contributed by atoms with Crippen LogP contribution in [0.4, 0.5) is 17.1 Å². The SMILES string of the molecule is c1ccc(-c2ccc(N(c3ccc(-c4ccc5c(c4)C4(CCCC4)c4ccccc4-5)cc3)c3ccc4c5ccccc5n(-c5ccccc5)c4c3)cc2)cc1. The number of hydrogen-bond donors (Lipinski definition) is 0. The van der Waals surface area contributed by atoms with Gasteiger partial charge in [-0.05, 0) is 118 Å². The third-order valence-electron chi connectivity index (χ3n) is 12.3. The molecule has 2 nitrogen and oxygen atoms in total. The Morgan fingerprint density at radius 1 is 0.382 bits per heavy atom. The Bertz CT molecular complexity index is 2840. The third-order valence-corrected chi connectivity index (χ3v) is 12.3. The van der Waals surface area contributed by atoms with Crippen LogP contribution in [0.3, 0.4) is 0 Å². The minimum Gasteiger partial charge on any atom is -0.310 e. The van der Waals surface area contributed by atoms with Crippen LogP contribution in [-0.4, -0.2) is 4.57 Å². The van der Waals surface area contributed by atoms with Crippen LogP contribution in [0.15, 0.2) is 194 Å². The lowest BCUT2D eigenvalue weighted by molar-refractivity contribution is 0.550. The number of benzene rings is 8. The lowest BCUT2D eigenvalue weighted by Gasteiger charge is -2.27. The van der Waals surface area contributed by atoms with Crippen LogP contribution in [0, 0.1) is 0 Å². The Labute approximate surface area is 322 Å². The van der Waals surface area contributed by atoms with Crippen molar-refractivity contribution in [3.63, 3.8) is 0 Å². The van der Waals surface area contributed by atoms with Crippen molar-refractivity contribution in [1.29, 1.82) is 0 Å². The van der Waals surface area contributed by atoms with Crippen molar-refractivity contribution in [3.05, 3.63) is 205 Å². The Hall–Kier alpha value is -6.64. The molecule has 0 amide bonds. The summed E-state index contributed by atoms with van der Waals surface area (Å²) in [4.78, 5) is 2.40. The summed E-state index contributed by atoms with van der Waals surface area (Å²) in [6.45, 7) is 0. The van der Waals surface area contributed by atoms with Crippen LogP contribution in [0.5, 0.6) is 0 Å². The first-order valence-corrected chi connectivity index (χ1v) is 19.6. The molecule has 0 saturated heterocycles. The number of nitrogens with zero attached hydrogens (tertiary/aromatic N) is 2. The molecule has 55 heavy (non-hydrogen) atoms. The molecule has 0 N–H and O–H groups in total. The average Bonchev–Trinajstić information content (AvgIpc) is 3.96. The Kier molecular flexibility index (Phi) is 7.38. The van der Waals surface area contributed by atoms with Gasteiger partial charge in [0.2, 0.25) is 0 Å². The summed E-state index contributed by atoms with van der Waals surface area (Å²) in [5, 5.41) is 2.50. The summed E-state index contributed by atoms with van der Waals surface area (Å²) in [5.41, 5.74) is 17.9. The zero-order valence-electron chi connectivity index (χ0n) is 30.7. The fraction of sp³-hybridized carbons (Fsp3) is 0.0943. The van der Waals surface area contributed by atoms with Crippen LogP contribution in [0.1, 0.15) is 36.8 Å². The van der Waals surface area contributed by atoms with Crippen LogP contribution in [0.25, 0.3) is 60.9 Å². The number of aromatic nitrogens is 1. The molecule has 2 aliphatic carbocycles. The van der Waals surface area contributed by atoms with E-state index in [1.165, 1.54) is 92.0 Å². The topological polar surface area (TPSA) is 8.17 Å². The molecule has 2 heteroatoms. The predicted octanol–water partition coefficient (Wildman–Crippen LogP) is 14.4. The summed E-state index contributed by atoms with van der Waals surface area (Å²) in [5.74, 6) is 0. The molecule has 0 atom stereocenters. The van der Waals surface area contributed by atoms with E-state index < -0.39 is 0 Å². The molecule has 1 heterocycles. The van der Waals surface area contributed by atoms with Gasteiger partial charge in [0.1, 0.15) is 0 Å². The Morgan fingerprint density at radius 3 is 1.67 bits per heavy atom. The van der Waals surface area contributed by atoms with E-state index in [1.54, 1.807) is 0 Å². The fourth-order valence-corrected chi connectivity index (χ4v) is 9.79. The van der Waals surface area contributed by atoms with Crippen molar-refractivity contribution < 1.29 is 0 Å². The highest BCUT2D eigenvalue weighted by atomic mass is 15.1. The summed E-state index contributed by atoms with van der Waals surface area (Å²) < 4.78 is 2.40. The number of hydrogen-bond acceptors (Lipinski definition) is 1. The molecule has 262 valence electrons. The molecular weight excluding hydrogens is 665 g/mol. The van der Waals surface area contributed by atoms with E-state index in [2.05, 4.69) is 204 Å². The molecule has 1 spiro atoms. The van der Waals surface area contributed by atoms with Crippen LogP contribution < -0.4 is 4.90 Å². The summed E-state index contributed by atoms with van der Waals surface area (Å²) in [6, 6.07) is 71.6. The zero-order valence-corrected chi connectivity index (χ0v) is 30.7. The predicted molar refractivity (Wildman–Crippen MR) is 231 cm³/mol. The van der Waals surface area contributed by atoms with E-state index in [0.29, 0.717) is 0 Å². The molecule has 0 unspecified atom stereocenters. The molecule has 11 rings (SSSR count). The van der Waals surface area contributed by atoms with Gasteiger partial charge < -0.3 is 9.47 Å². The molecule has 1 saturated carbocycles. The fourth-order valence-electron chi connectivity index (χ4n) is 9.79. The van der Waals surface area contributed by atoms with Gasteiger partial charge in [0.15, 0.2) is 0 Å². The van der Waals surface area contributed by atoms with Gasteiger partial charge in [0.05, 0.1) is 11.0 Å². The third kappa shape index (κ3) is 5.09. The molecule has 0 aliphatic heterocycles. The van der Waals surface area contributed by atoms with Gasteiger partial charge in [-0.25, -0.2) is 0 Å². The van der Waals surface area contributed by atoms with E-state index in [1.807, 2.05) is 0 Å². The molecule has 9 aromatic rings. The van der Waals surface area contributed by atoms with E-state index in [4.69, 9.17) is 0 Å². The largest absolute Gasteiger partial charge is 0.310 e. The molecule has 1 fully saturated rings. The first-order chi connectivity index (χ1) is 27.2. The second-order valence-corrected chi connectivity index (χ2v) is 15.3. The lowest BCUT2D eigenvalue weighted by atomic mass is 9.76. The number of fused-ring (bicyclic) bond motifs is 8. The second kappa shape index (κ2) is 12.7. The van der Waals surface area contributed by atoms with Gasteiger partial charge in [-0.3, -0.25) is 0 Å². The summed E-state index contributed by atoms with van der Waals surface area (Å²) in [7, 11) is 0. The standard InChI is InChI=1S/C53H40N2/c1-3-13-37(14-4-1)38-21-26-42(27-22-38)54(44-30-32-48-47-18-8-10-20-51(47)55(52(48)36-44)41-15-5-2-6-16-41)43-28-23-39(24-29-43)40-25-31-46-45-17-7-9-19-49(45)53(50(46)35-40)33-11-12-34-53/h1-10,13-32,35-36H,11-12,33-34H2. The molecular formula is C53H40N2. The van der Waals surface area contributed by atoms with E-state index >= 15 is 0 Å². The lowest BCUT2D eigenvalue weighted by Crippen LogP contribution is -2.20. The quantitative estimate of drug-likeness (QED) is 0.167. The van der Waals surface area contributed by atoms with Gasteiger partial charge >= 0.3 is 0 Å². The smallest absolute Gasteiger partial charge is 0.0561 e. The van der Waals surface area contributed by atoms with Crippen molar-refractivity contribution in [3.8, 4) is 39.1 Å². The maximum absolute atomic E-state index is 2.51. The van der Waals surface area contributed by atoms with Crippen molar-refractivity contribution in [1.82, 2.24) is 4.57 Å². The zero-order chi connectivity index (χ0) is 36.3. The molecule has 8 aromatic carbocycles. The van der Waals surface area contributed by atoms with Gasteiger partial charge in [-0.1, -0.05) is 146 Å². The van der Waals surface area contributed by atoms with Crippen LogP contribution in [-0.2, 0) is 5.41 Å². The Balaban J connectivity index is 1.04. The first-order valence-electron chi connectivity index (χ1n) is 19.6. The van der Waals surface area contributed by atoms with Gasteiger partial charge in [-0.15, -0.1) is 0 Å². The Morgan fingerprint density at radius 2 is 0.927 bits per heavy atom. The average molecular weight is 705 g/mol. The number of anilines is 3. The highest BCUT2D eigenvalue weighted by molar-refractivity contribution is 6.10. The number of rotatable bonds is 6. The van der Waals surface area contributed by atoms with Crippen molar-refractivity contribution in [2.75, 3.05) is 4.90 Å². The van der Waals surface area contributed by atoms with E-state index in [0.717, 1.165) is 22.7 Å². The first kappa shape index (κ1) is 31.8. The van der Waals surface area contributed by atoms with E-state index in [-0.39, 0.29) is 5.41 Å². The van der Waals surface area contributed by atoms with Gasteiger partial charge in [0.25, 0.3) is 0 Å². The normalized spacial score (nSPS) is 14.0. The molecule has 0 radical (unpaired) electrons. The van der Waals surface area contributed by atoms with Crippen molar-refractivity contribution >= 4 is 38.9 Å². The minimum absolute atomic E-state index is 0.158. The summed E-state index contributed by atoms with van der Waals surface area (Å²) >= 11 is 0. The van der Waals surface area contributed by atoms with Gasteiger partial charge in [-0.2, -0.15) is 0 Å². The second-order valence-electron chi connectivity index (χ2n) is 15.3.